The third-order valence-corrected chi connectivity index (χ3v) is 3.70. The molecule has 0 aliphatic heterocycles. The number of amides is 1. The minimum Gasteiger partial charge on any atom is -0.493 e. The first kappa shape index (κ1) is 19.5. The Hall–Kier alpha value is -2.82. The molecule has 0 radical (unpaired) electrons. The van der Waals surface area contributed by atoms with E-state index in [2.05, 4.69) is 19.2 Å². The van der Waals surface area contributed by atoms with Crippen LogP contribution in [0, 0.1) is 11.7 Å². The van der Waals surface area contributed by atoms with Gasteiger partial charge in [-0.1, -0.05) is 32.0 Å². The maximum absolute atomic E-state index is 13.5. The van der Waals surface area contributed by atoms with E-state index in [1.807, 2.05) is 12.1 Å². The van der Waals surface area contributed by atoms with Gasteiger partial charge in [-0.25, -0.2) is 4.39 Å². The molecule has 0 spiro atoms. The number of nitrogens with one attached hydrogen (secondary N) is 1. The average molecular weight is 357 g/mol. The maximum atomic E-state index is 13.5. The highest BCUT2D eigenvalue weighted by atomic mass is 19.1. The predicted molar refractivity (Wildman–Crippen MR) is 102 cm³/mol. The molecule has 2 aromatic rings. The van der Waals surface area contributed by atoms with Crippen LogP contribution < -0.4 is 14.8 Å². The molecule has 0 fully saturated rings. The zero-order valence-electron chi connectivity index (χ0n) is 15.3. The molecule has 2 aromatic carbocycles. The first-order valence-electron chi connectivity index (χ1n) is 8.54. The monoisotopic (exact) mass is 357 g/mol. The van der Waals surface area contributed by atoms with Crippen LogP contribution in [-0.2, 0) is 4.79 Å². The van der Waals surface area contributed by atoms with Crippen molar-refractivity contribution in [1.29, 1.82) is 0 Å². The van der Waals surface area contributed by atoms with Crippen LogP contribution in [0.1, 0.15) is 25.8 Å². The number of carbonyl (C=O) groups excluding carboxylic acids is 1. The largest absolute Gasteiger partial charge is 0.493 e. The van der Waals surface area contributed by atoms with Crippen molar-refractivity contribution in [3.8, 4) is 11.5 Å². The Labute approximate surface area is 153 Å². The van der Waals surface area contributed by atoms with Gasteiger partial charge in [0.15, 0.2) is 11.5 Å². The second-order valence-corrected chi connectivity index (χ2v) is 6.24. The summed E-state index contributed by atoms with van der Waals surface area (Å²) in [6.45, 7) is 4.90. The molecule has 138 valence electrons. The van der Waals surface area contributed by atoms with E-state index in [0.29, 0.717) is 24.0 Å². The molecule has 0 heterocycles. The second-order valence-electron chi connectivity index (χ2n) is 6.24. The van der Waals surface area contributed by atoms with Gasteiger partial charge in [0.2, 0.25) is 5.91 Å². The van der Waals surface area contributed by atoms with Gasteiger partial charge in [0.25, 0.3) is 0 Å². The highest BCUT2D eigenvalue weighted by Crippen LogP contribution is 2.29. The average Bonchev–Trinajstić information content (AvgIpc) is 2.62. The van der Waals surface area contributed by atoms with Crippen LogP contribution in [0.2, 0.25) is 0 Å². The molecule has 26 heavy (non-hydrogen) atoms. The van der Waals surface area contributed by atoms with Crippen molar-refractivity contribution in [3.63, 3.8) is 0 Å². The molecule has 1 N–H and O–H groups in total. The summed E-state index contributed by atoms with van der Waals surface area (Å²) in [5.74, 6) is 0.952. The van der Waals surface area contributed by atoms with Crippen LogP contribution in [0.4, 0.5) is 10.1 Å². The van der Waals surface area contributed by atoms with Crippen molar-refractivity contribution in [1.82, 2.24) is 0 Å². The van der Waals surface area contributed by atoms with Crippen molar-refractivity contribution in [2.45, 2.75) is 20.3 Å². The van der Waals surface area contributed by atoms with Crippen molar-refractivity contribution in [3.05, 3.63) is 59.9 Å². The van der Waals surface area contributed by atoms with E-state index in [9.17, 15) is 9.18 Å². The molecular weight excluding hydrogens is 333 g/mol. The number of halogens is 1. The normalized spacial score (nSPS) is 11.0. The summed E-state index contributed by atoms with van der Waals surface area (Å²) in [4.78, 5) is 11.9. The Bertz CT molecular complexity index is 772. The summed E-state index contributed by atoms with van der Waals surface area (Å²) in [5.41, 5.74) is 0.926. The van der Waals surface area contributed by atoms with E-state index in [4.69, 9.17) is 9.47 Å². The summed E-state index contributed by atoms with van der Waals surface area (Å²) >= 11 is 0. The number of anilines is 1. The summed E-state index contributed by atoms with van der Waals surface area (Å²) in [7, 11) is 1.57. The number of rotatable bonds is 8. The standard InChI is InChI=1S/C21H24FNO3/c1-15(2)12-13-26-19-10-8-16(14-20(19)25-3)9-11-21(24)23-18-7-5-4-6-17(18)22/h4-11,14-15H,12-13H2,1-3H3,(H,23,24). The van der Waals surface area contributed by atoms with Gasteiger partial charge in [-0.2, -0.15) is 0 Å². The van der Waals surface area contributed by atoms with E-state index in [0.717, 1.165) is 12.0 Å². The number of ether oxygens (including phenoxy) is 2. The fourth-order valence-electron chi connectivity index (χ4n) is 2.22. The summed E-state index contributed by atoms with van der Waals surface area (Å²) < 4.78 is 24.6. The molecule has 2 rings (SSSR count). The third-order valence-electron chi connectivity index (χ3n) is 3.70. The molecule has 0 aliphatic carbocycles. The zero-order valence-corrected chi connectivity index (χ0v) is 15.3. The Morgan fingerprint density at radius 2 is 1.96 bits per heavy atom. The van der Waals surface area contributed by atoms with E-state index in [-0.39, 0.29) is 5.69 Å². The van der Waals surface area contributed by atoms with Crippen molar-refractivity contribution in [2.24, 2.45) is 5.92 Å². The summed E-state index contributed by atoms with van der Waals surface area (Å²) in [6.07, 6.45) is 3.94. The summed E-state index contributed by atoms with van der Waals surface area (Å²) in [6, 6.07) is 11.5. The lowest BCUT2D eigenvalue weighted by atomic mass is 10.1. The lowest BCUT2D eigenvalue weighted by Gasteiger charge is -2.12. The molecular formula is C21H24FNO3. The first-order valence-corrected chi connectivity index (χ1v) is 8.54. The molecule has 0 atom stereocenters. The minimum atomic E-state index is -0.473. The van der Waals surface area contributed by atoms with Crippen LogP contribution in [-0.4, -0.2) is 19.6 Å². The molecule has 0 saturated carbocycles. The molecule has 0 bridgehead atoms. The smallest absolute Gasteiger partial charge is 0.248 e. The fourth-order valence-corrected chi connectivity index (χ4v) is 2.22. The van der Waals surface area contributed by atoms with Gasteiger partial charge in [0.05, 0.1) is 19.4 Å². The van der Waals surface area contributed by atoms with Crippen LogP contribution in [0.3, 0.4) is 0 Å². The Kier molecular flexibility index (Phi) is 7.21. The molecule has 5 heteroatoms. The Morgan fingerprint density at radius 1 is 1.19 bits per heavy atom. The predicted octanol–water partition coefficient (Wildman–Crippen LogP) is 4.91. The van der Waals surface area contributed by atoms with Gasteiger partial charge < -0.3 is 14.8 Å². The lowest BCUT2D eigenvalue weighted by Crippen LogP contribution is -2.09. The number of hydrogen-bond donors (Lipinski definition) is 1. The van der Waals surface area contributed by atoms with Crippen LogP contribution in [0.25, 0.3) is 6.08 Å². The Balaban J connectivity index is 2.01. The second kappa shape index (κ2) is 9.61. The van der Waals surface area contributed by atoms with E-state index < -0.39 is 11.7 Å². The SMILES string of the molecule is COc1cc(C=CC(=O)Nc2ccccc2F)ccc1OCCC(C)C. The van der Waals surface area contributed by atoms with Crippen molar-refractivity contribution >= 4 is 17.7 Å². The number of methoxy groups -OCH3 is 1. The molecule has 0 unspecified atom stereocenters. The zero-order chi connectivity index (χ0) is 18.9. The van der Waals surface area contributed by atoms with E-state index in [1.165, 1.54) is 18.2 Å². The number of carbonyl (C=O) groups is 1. The van der Waals surface area contributed by atoms with Gasteiger partial charge in [-0.15, -0.1) is 0 Å². The highest BCUT2D eigenvalue weighted by Gasteiger charge is 2.06. The molecule has 1 amide bonds. The number of benzene rings is 2. The van der Waals surface area contributed by atoms with E-state index >= 15 is 0 Å². The van der Waals surface area contributed by atoms with Crippen LogP contribution in [0.15, 0.2) is 48.5 Å². The van der Waals surface area contributed by atoms with E-state index in [1.54, 1.807) is 31.4 Å². The Morgan fingerprint density at radius 3 is 2.65 bits per heavy atom. The number of hydrogen-bond acceptors (Lipinski definition) is 3. The van der Waals surface area contributed by atoms with Gasteiger partial charge in [-0.05, 0) is 48.2 Å². The molecule has 0 aliphatic rings. The van der Waals surface area contributed by atoms with Gasteiger partial charge in [-0.3, -0.25) is 4.79 Å². The number of para-hydroxylation sites is 1. The molecule has 0 saturated heterocycles. The highest BCUT2D eigenvalue weighted by molar-refractivity contribution is 6.02. The quantitative estimate of drug-likeness (QED) is 0.683. The molecule has 4 nitrogen and oxygen atoms in total. The van der Waals surface area contributed by atoms with Gasteiger partial charge in [0, 0.05) is 6.08 Å². The lowest BCUT2D eigenvalue weighted by molar-refractivity contribution is -0.111. The van der Waals surface area contributed by atoms with Gasteiger partial charge >= 0.3 is 0 Å². The topological polar surface area (TPSA) is 47.6 Å². The molecule has 0 aromatic heterocycles. The summed E-state index contributed by atoms with van der Waals surface area (Å²) in [5, 5.41) is 2.50. The third kappa shape index (κ3) is 5.92. The maximum Gasteiger partial charge on any atom is 0.248 e. The fraction of sp³-hybridized carbons (Fsp3) is 0.286. The van der Waals surface area contributed by atoms with Gasteiger partial charge in [0.1, 0.15) is 5.82 Å². The van der Waals surface area contributed by atoms with Crippen LogP contribution in [0.5, 0.6) is 11.5 Å². The minimum absolute atomic E-state index is 0.147. The van der Waals surface area contributed by atoms with Crippen molar-refractivity contribution < 1.29 is 18.7 Å². The van der Waals surface area contributed by atoms with Crippen LogP contribution >= 0.6 is 0 Å². The first-order chi connectivity index (χ1) is 12.5. The van der Waals surface area contributed by atoms with Crippen molar-refractivity contribution in [2.75, 3.05) is 19.0 Å².